The molecule has 1 saturated heterocycles. The first-order valence-electron chi connectivity index (χ1n) is 13.6. The molecule has 2 amide bonds. The van der Waals surface area contributed by atoms with Crippen molar-refractivity contribution >= 4 is 17.6 Å². The second-order valence-corrected chi connectivity index (χ2v) is 11.9. The zero-order valence-corrected chi connectivity index (χ0v) is 20.9. The Balaban J connectivity index is 1.27. The van der Waals surface area contributed by atoms with E-state index in [1.807, 2.05) is 32.0 Å². The summed E-state index contributed by atoms with van der Waals surface area (Å²) >= 11 is 0. The minimum absolute atomic E-state index is 0.0224. The SMILES string of the molecule is CC(C)C(=O)[C@H](NC(=O)c1cccc(C2CCCN(C(=O)C34CC(C3)C4)C2)c1)C1CCCCC1. The van der Waals surface area contributed by atoms with Crippen molar-refractivity contribution in [2.75, 3.05) is 13.1 Å². The highest BCUT2D eigenvalue weighted by Gasteiger charge is 2.62. The van der Waals surface area contributed by atoms with Crippen LogP contribution in [-0.4, -0.2) is 41.6 Å². The number of nitrogens with zero attached hydrogens (tertiary/aromatic N) is 1. The Morgan fingerprint density at radius 3 is 2.38 bits per heavy atom. The van der Waals surface area contributed by atoms with Gasteiger partial charge in [-0.2, -0.15) is 0 Å². The molecule has 1 heterocycles. The summed E-state index contributed by atoms with van der Waals surface area (Å²) in [5, 5.41) is 3.13. The molecule has 5 nitrogen and oxygen atoms in total. The molecular weight excluding hydrogens is 424 g/mol. The van der Waals surface area contributed by atoms with E-state index in [-0.39, 0.29) is 34.9 Å². The maximum atomic E-state index is 13.3. The fourth-order valence-electron chi connectivity index (χ4n) is 6.92. The lowest BCUT2D eigenvalue weighted by molar-refractivity contribution is -0.178. The van der Waals surface area contributed by atoms with Crippen LogP contribution in [0, 0.1) is 23.2 Å². The summed E-state index contributed by atoms with van der Waals surface area (Å²) in [6.07, 6.45) is 10.9. The van der Waals surface area contributed by atoms with Crippen LogP contribution in [0.2, 0.25) is 0 Å². The quantitative estimate of drug-likeness (QED) is 0.611. The third-order valence-corrected chi connectivity index (χ3v) is 9.10. The van der Waals surface area contributed by atoms with E-state index in [2.05, 4.69) is 16.3 Å². The van der Waals surface area contributed by atoms with Gasteiger partial charge in [0, 0.05) is 30.5 Å². The van der Waals surface area contributed by atoms with Crippen LogP contribution in [0.15, 0.2) is 24.3 Å². The van der Waals surface area contributed by atoms with Gasteiger partial charge in [0.1, 0.15) is 0 Å². The molecule has 5 fully saturated rings. The summed E-state index contributed by atoms with van der Waals surface area (Å²) in [4.78, 5) is 41.5. The second kappa shape index (κ2) is 9.47. The molecule has 1 unspecified atom stereocenters. The Kier molecular flexibility index (Phi) is 6.56. The predicted molar refractivity (Wildman–Crippen MR) is 132 cm³/mol. The molecule has 4 aliphatic carbocycles. The molecule has 0 aromatic heterocycles. The smallest absolute Gasteiger partial charge is 0.251 e. The molecule has 6 rings (SSSR count). The van der Waals surface area contributed by atoms with Crippen molar-refractivity contribution < 1.29 is 14.4 Å². The standard InChI is InChI=1S/C29H40N2O3/c1-19(2)26(32)25(21-8-4-3-5-9-21)30-27(33)23-11-6-10-22(14-23)24-12-7-13-31(18-24)28(34)29-15-20(16-29)17-29/h6,10-11,14,19-21,24-25H,3-5,7-9,12-13,15-18H2,1-2H3,(H,30,33)/t20?,24?,25-,29?/m1/s1. The molecule has 1 aromatic rings. The van der Waals surface area contributed by atoms with Crippen molar-refractivity contribution in [1.29, 1.82) is 0 Å². The van der Waals surface area contributed by atoms with E-state index >= 15 is 0 Å². The van der Waals surface area contributed by atoms with E-state index in [1.165, 1.54) is 6.42 Å². The van der Waals surface area contributed by atoms with E-state index < -0.39 is 6.04 Å². The Morgan fingerprint density at radius 2 is 1.74 bits per heavy atom. The fourth-order valence-corrected chi connectivity index (χ4v) is 6.92. The van der Waals surface area contributed by atoms with Crippen LogP contribution in [0.4, 0.5) is 0 Å². The van der Waals surface area contributed by atoms with Crippen molar-refractivity contribution in [3.8, 4) is 0 Å². The normalized spacial score (nSPS) is 29.7. The topological polar surface area (TPSA) is 66.5 Å². The molecule has 4 saturated carbocycles. The van der Waals surface area contributed by atoms with Crippen molar-refractivity contribution in [2.24, 2.45) is 23.2 Å². The minimum atomic E-state index is -0.396. The Morgan fingerprint density at radius 1 is 1.00 bits per heavy atom. The van der Waals surface area contributed by atoms with E-state index in [0.29, 0.717) is 11.5 Å². The summed E-state index contributed by atoms with van der Waals surface area (Å²) in [5.74, 6) is 1.59. The van der Waals surface area contributed by atoms with E-state index in [4.69, 9.17) is 0 Å². The molecule has 2 bridgehead atoms. The highest BCUT2D eigenvalue weighted by molar-refractivity contribution is 5.98. The molecule has 0 radical (unpaired) electrons. The van der Waals surface area contributed by atoms with E-state index in [9.17, 15) is 14.4 Å². The molecule has 5 heteroatoms. The van der Waals surface area contributed by atoms with Gasteiger partial charge >= 0.3 is 0 Å². The number of ketones is 1. The van der Waals surface area contributed by atoms with Gasteiger partial charge in [0.25, 0.3) is 5.91 Å². The summed E-state index contributed by atoms with van der Waals surface area (Å²) in [7, 11) is 0. The maximum absolute atomic E-state index is 13.3. The first kappa shape index (κ1) is 23.6. The largest absolute Gasteiger partial charge is 0.342 e. The zero-order chi connectivity index (χ0) is 23.9. The molecule has 0 spiro atoms. The number of carbonyl (C=O) groups is 3. The van der Waals surface area contributed by atoms with Gasteiger partial charge in [0.2, 0.25) is 5.91 Å². The number of carbonyl (C=O) groups excluding carboxylic acids is 3. The molecule has 184 valence electrons. The molecule has 1 aromatic carbocycles. The Hall–Kier alpha value is -2.17. The van der Waals surface area contributed by atoms with Crippen molar-refractivity contribution in [3.63, 3.8) is 0 Å². The van der Waals surface area contributed by atoms with Crippen LogP contribution < -0.4 is 5.32 Å². The number of nitrogens with one attached hydrogen (secondary N) is 1. The van der Waals surface area contributed by atoms with Gasteiger partial charge < -0.3 is 10.2 Å². The molecular formula is C29H40N2O3. The van der Waals surface area contributed by atoms with Crippen LogP contribution in [0.3, 0.4) is 0 Å². The van der Waals surface area contributed by atoms with Crippen molar-refractivity contribution in [3.05, 3.63) is 35.4 Å². The number of rotatable bonds is 7. The van der Waals surface area contributed by atoms with Gasteiger partial charge in [0.15, 0.2) is 5.78 Å². The third kappa shape index (κ3) is 4.43. The molecule has 34 heavy (non-hydrogen) atoms. The van der Waals surface area contributed by atoms with Gasteiger partial charge in [-0.15, -0.1) is 0 Å². The lowest BCUT2D eigenvalue weighted by Gasteiger charge is -2.61. The van der Waals surface area contributed by atoms with Gasteiger partial charge in [-0.1, -0.05) is 45.2 Å². The van der Waals surface area contributed by atoms with Crippen LogP contribution in [0.1, 0.15) is 99.9 Å². The minimum Gasteiger partial charge on any atom is -0.342 e. The summed E-state index contributed by atoms with van der Waals surface area (Å²) in [5.41, 5.74) is 1.73. The number of hydrogen-bond acceptors (Lipinski definition) is 3. The molecule has 1 aliphatic heterocycles. The van der Waals surface area contributed by atoms with Crippen molar-refractivity contribution in [1.82, 2.24) is 10.2 Å². The Bertz CT molecular complexity index is 931. The monoisotopic (exact) mass is 464 g/mol. The second-order valence-electron chi connectivity index (χ2n) is 11.9. The highest BCUT2D eigenvalue weighted by atomic mass is 16.2. The van der Waals surface area contributed by atoms with Gasteiger partial charge in [-0.3, -0.25) is 14.4 Å². The number of benzene rings is 1. The number of hydrogen-bond donors (Lipinski definition) is 1. The average Bonchev–Trinajstić information content (AvgIpc) is 2.80. The Labute approximate surface area is 204 Å². The van der Waals surface area contributed by atoms with Crippen LogP contribution >= 0.6 is 0 Å². The first-order chi connectivity index (χ1) is 16.4. The van der Waals surface area contributed by atoms with E-state index in [0.717, 1.165) is 82.4 Å². The van der Waals surface area contributed by atoms with E-state index in [1.54, 1.807) is 0 Å². The van der Waals surface area contributed by atoms with Crippen molar-refractivity contribution in [2.45, 2.75) is 90.0 Å². The maximum Gasteiger partial charge on any atom is 0.251 e. The first-order valence-corrected chi connectivity index (χ1v) is 13.6. The number of amides is 2. The summed E-state index contributed by atoms with van der Waals surface area (Å²) in [6.45, 7) is 5.47. The van der Waals surface area contributed by atoms with Gasteiger partial charge in [-0.25, -0.2) is 0 Å². The fraction of sp³-hybridized carbons (Fsp3) is 0.690. The lowest BCUT2D eigenvalue weighted by atomic mass is 9.44. The van der Waals surface area contributed by atoms with Gasteiger partial charge in [0.05, 0.1) is 11.5 Å². The number of Topliss-reactive ketones (excluding diaryl/α,β-unsaturated/α-hetero) is 1. The van der Waals surface area contributed by atoms with Crippen LogP contribution in [0.5, 0.6) is 0 Å². The van der Waals surface area contributed by atoms with Crippen LogP contribution in [-0.2, 0) is 9.59 Å². The number of likely N-dealkylation sites (tertiary alicyclic amines) is 1. The summed E-state index contributed by atoms with van der Waals surface area (Å²) < 4.78 is 0. The predicted octanol–water partition coefficient (Wildman–Crippen LogP) is 5.10. The molecule has 5 aliphatic rings. The van der Waals surface area contributed by atoms with Crippen LogP contribution in [0.25, 0.3) is 0 Å². The number of piperidine rings is 1. The zero-order valence-electron chi connectivity index (χ0n) is 20.9. The lowest BCUT2D eigenvalue weighted by Crippen LogP contribution is -2.62. The highest BCUT2D eigenvalue weighted by Crippen LogP contribution is 2.65. The van der Waals surface area contributed by atoms with Gasteiger partial charge in [-0.05, 0) is 74.5 Å². The molecule has 1 N–H and O–H groups in total. The molecule has 2 atom stereocenters. The average molecular weight is 465 g/mol. The third-order valence-electron chi connectivity index (χ3n) is 9.10. The summed E-state index contributed by atoms with van der Waals surface area (Å²) in [6, 6.07) is 7.49.